The lowest BCUT2D eigenvalue weighted by Crippen LogP contribution is -2.05. The van der Waals surface area contributed by atoms with Gasteiger partial charge in [0.2, 0.25) is 0 Å². The Kier molecular flexibility index (Phi) is 3.45. The van der Waals surface area contributed by atoms with Gasteiger partial charge in [0.25, 0.3) is 0 Å². The Morgan fingerprint density at radius 1 is 1.06 bits per heavy atom. The molecule has 1 atom stereocenters. The van der Waals surface area contributed by atoms with Crippen molar-refractivity contribution in [2.75, 3.05) is 7.11 Å². The van der Waals surface area contributed by atoms with Gasteiger partial charge in [0.15, 0.2) is 0 Å². The van der Waals surface area contributed by atoms with Gasteiger partial charge < -0.3 is 10.5 Å². The van der Waals surface area contributed by atoms with Crippen LogP contribution < -0.4 is 10.5 Å². The monoisotopic (exact) mass is 227 g/mol. The topological polar surface area (TPSA) is 35.2 Å². The molecule has 2 N–H and O–H groups in total. The van der Waals surface area contributed by atoms with E-state index in [1.165, 1.54) is 0 Å². The van der Waals surface area contributed by atoms with Crippen LogP contribution in [0.1, 0.15) is 18.5 Å². The van der Waals surface area contributed by atoms with E-state index in [4.69, 9.17) is 10.5 Å². The second-order valence-electron chi connectivity index (χ2n) is 4.11. The quantitative estimate of drug-likeness (QED) is 0.872. The maximum absolute atomic E-state index is 5.91. The highest BCUT2D eigenvalue weighted by molar-refractivity contribution is 5.71. The van der Waals surface area contributed by atoms with Crippen LogP contribution >= 0.6 is 0 Å². The van der Waals surface area contributed by atoms with E-state index in [0.717, 1.165) is 22.4 Å². The molecule has 0 fully saturated rings. The van der Waals surface area contributed by atoms with Crippen LogP contribution in [0.4, 0.5) is 0 Å². The Labute approximate surface area is 102 Å². The third-order valence-electron chi connectivity index (χ3n) is 2.83. The average molecular weight is 227 g/mol. The summed E-state index contributed by atoms with van der Waals surface area (Å²) in [6, 6.07) is 16.3. The van der Waals surface area contributed by atoms with Crippen molar-refractivity contribution in [1.82, 2.24) is 0 Å². The maximum Gasteiger partial charge on any atom is 0.126 e. The van der Waals surface area contributed by atoms with E-state index >= 15 is 0 Å². The van der Waals surface area contributed by atoms with E-state index in [1.807, 2.05) is 37.3 Å². The summed E-state index contributed by atoms with van der Waals surface area (Å²) in [5, 5.41) is 0. The third kappa shape index (κ3) is 2.48. The molecule has 0 bridgehead atoms. The summed E-state index contributed by atoms with van der Waals surface area (Å²) in [5.74, 6) is 0.876. The Bertz CT molecular complexity index is 492. The third-order valence-corrected chi connectivity index (χ3v) is 2.83. The van der Waals surface area contributed by atoms with Crippen LogP contribution in [-0.4, -0.2) is 7.11 Å². The normalized spacial score (nSPS) is 12.2. The molecule has 0 saturated carbocycles. The van der Waals surface area contributed by atoms with Gasteiger partial charge in [-0.05, 0) is 30.2 Å². The lowest BCUT2D eigenvalue weighted by Gasteiger charge is -2.12. The first-order valence-electron chi connectivity index (χ1n) is 5.71. The first-order valence-corrected chi connectivity index (χ1v) is 5.71. The van der Waals surface area contributed by atoms with Crippen molar-refractivity contribution in [2.45, 2.75) is 13.0 Å². The summed E-state index contributed by atoms with van der Waals surface area (Å²) in [5.41, 5.74) is 9.26. The predicted octanol–water partition coefficient (Wildman–Crippen LogP) is 3.38. The molecule has 2 aromatic carbocycles. The van der Waals surface area contributed by atoms with Gasteiger partial charge in [-0.2, -0.15) is 0 Å². The largest absolute Gasteiger partial charge is 0.496 e. The molecule has 2 aromatic rings. The fourth-order valence-electron chi connectivity index (χ4n) is 1.85. The van der Waals surface area contributed by atoms with Crippen molar-refractivity contribution < 1.29 is 4.74 Å². The molecule has 17 heavy (non-hydrogen) atoms. The van der Waals surface area contributed by atoms with Crippen LogP contribution in [0.5, 0.6) is 5.75 Å². The van der Waals surface area contributed by atoms with E-state index in [1.54, 1.807) is 7.11 Å². The van der Waals surface area contributed by atoms with Gasteiger partial charge in [0, 0.05) is 11.6 Å². The summed E-state index contributed by atoms with van der Waals surface area (Å²) in [7, 11) is 1.69. The molecule has 0 amide bonds. The number of rotatable bonds is 3. The lowest BCUT2D eigenvalue weighted by molar-refractivity contribution is 0.416. The zero-order valence-corrected chi connectivity index (χ0v) is 10.2. The fraction of sp³-hybridized carbons (Fsp3) is 0.200. The molecule has 0 heterocycles. The predicted molar refractivity (Wildman–Crippen MR) is 71.0 cm³/mol. The van der Waals surface area contributed by atoms with Gasteiger partial charge in [0.05, 0.1) is 7.11 Å². The van der Waals surface area contributed by atoms with Gasteiger partial charge in [-0.25, -0.2) is 0 Å². The summed E-state index contributed by atoms with van der Waals surface area (Å²) >= 11 is 0. The lowest BCUT2D eigenvalue weighted by atomic mass is 9.99. The van der Waals surface area contributed by atoms with Crippen LogP contribution in [0.25, 0.3) is 11.1 Å². The molecule has 0 aliphatic carbocycles. The molecular weight excluding hydrogens is 210 g/mol. The highest BCUT2D eigenvalue weighted by atomic mass is 16.5. The summed E-state index contributed by atoms with van der Waals surface area (Å²) in [6.07, 6.45) is 0. The number of benzene rings is 2. The number of hydrogen-bond donors (Lipinski definition) is 1. The molecule has 2 nitrogen and oxygen atoms in total. The molecule has 2 rings (SSSR count). The van der Waals surface area contributed by atoms with Crippen molar-refractivity contribution in [3.05, 3.63) is 54.1 Å². The van der Waals surface area contributed by atoms with Crippen LogP contribution in [0.3, 0.4) is 0 Å². The van der Waals surface area contributed by atoms with Gasteiger partial charge in [-0.1, -0.05) is 36.4 Å². The molecule has 0 aromatic heterocycles. The fourth-order valence-corrected chi connectivity index (χ4v) is 1.85. The number of methoxy groups -OCH3 is 1. The molecule has 0 aliphatic rings. The number of ether oxygens (including phenoxy) is 1. The molecule has 2 heteroatoms. The number of hydrogen-bond acceptors (Lipinski definition) is 2. The van der Waals surface area contributed by atoms with E-state index in [9.17, 15) is 0 Å². The van der Waals surface area contributed by atoms with Crippen LogP contribution in [0.2, 0.25) is 0 Å². The van der Waals surface area contributed by atoms with Crippen molar-refractivity contribution in [3.63, 3.8) is 0 Å². The summed E-state index contributed by atoms with van der Waals surface area (Å²) in [6.45, 7) is 1.98. The molecular formula is C15H17NO. The summed E-state index contributed by atoms with van der Waals surface area (Å²) in [4.78, 5) is 0. The minimum absolute atomic E-state index is 0.0309. The van der Waals surface area contributed by atoms with Gasteiger partial charge in [0.1, 0.15) is 5.75 Å². The minimum atomic E-state index is 0.0309. The van der Waals surface area contributed by atoms with Crippen LogP contribution in [0.15, 0.2) is 48.5 Å². The molecule has 0 saturated heterocycles. The van der Waals surface area contributed by atoms with E-state index < -0.39 is 0 Å². The van der Waals surface area contributed by atoms with E-state index in [2.05, 4.69) is 18.2 Å². The summed E-state index contributed by atoms with van der Waals surface area (Å²) < 4.78 is 5.39. The molecule has 88 valence electrons. The van der Waals surface area contributed by atoms with Crippen molar-refractivity contribution in [3.8, 4) is 16.9 Å². The van der Waals surface area contributed by atoms with Crippen molar-refractivity contribution >= 4 is 0 Å². The SMILES string of the molecule is COc1ccc(C(C)N)cc1-c1ccccc1. The number of nitrogens with two attached hydrogens (primary N) is 1. The van der Waals surface area contributed by atoms with Gasteiger partial charge >= 0.3 is 0 Å². The first kappa shape index (κ1) is 11.7. The van der Waals surface area contributed by atoms with Crippen molar-refractivity contribution in [1.29, 1.82) is 0 Å². The Morgan fingerprint density at radius 3 is 2.35 bits per heavy atom. The molecule has 1 unspecified atom stereocenters. The second kappa shape index (κ2) is 5.02. The molecule has 0 aliphatic heterocycles. The van der Waals surface area contributed by atoms with Gasteiger partial charge in [-0.15, -0.1) is 0 Å². The zero-order chi connectivity index (χ0) is 12.3. The van der Waals surface area contributed by atoms with E-state index in [0.29, 0.717) is 0 Å². The molecule has 0 radical (unpaired) electrons. The Hall–Kier alpha value is -1.80. The highest BCUT2D eigenvalue weighted by Crippen LogP contribution is 2.31. The maximum atomic E-state index is 5.91. The smallest absolute Gasteiger partial charge is 0.126 e. The second-order valence-corrected chi connectivity index (χ2v) is 4.11. The van der Waals surface area contributed by atoms with Crippen molar-refractivity contribution in [2.24, 2.45) is 5.73 Å². The zero-order valence-electron chi connectivity index (χ0n) is 10.2. The highest BCUT2D eigenvalue weighted by Gasteiger charge is 2.08. The minimum Gasteiger partial charge on any atom is -0.496 e. The molecule has 0 spiro atoms. The van der Waals surface area contributed by atoms with Crippen LogP contribution in [0, 0.1) is 0 Å². The first-order chi connectivity index (χ1) is 8.22. The van der Waals surface area contributed by atoms with E-state index in [-0.39, 0.29) is 6.04 Å². The van der Waals surface area contributed by atoms with Gasteiger partial charge in [-0.3, -0.25) is 0 Å². The standard InChI is InChI=1S/C15H17NO/c1-11(16)13-8-9-15(17-2)14(10-13)12-6-4-3-5-7-12/h3-11H,16H2,1-2H3. The Morgan fingerprint density at radius 2 is 1.76 bits per heavy atom. The van der Waals surface area contributed by atoms with Crippen LogP contribution in [-0.2, 0) is 0 Å². The average Bonchev–Trinajstić information content (AvgIpc) is 2.39. The Balaban J connectivity index is 2.54.